The quantitative estimate of drug-likeness (QED) is 0.932. The highest BCUT2D eigenvalue weighted by atomic mass is 19.1. The number of nitrogens with zero attached hydrogens (tertiary/aromatic N) is 3. The molecule has 0 saturated heterocycles. The molecule has 2 rings (SSSR count). The fourth-order valence-electron chi connectivity index (χ4n) is 2.38. The van der Waals surface area contributed by atoms with Gasteiger partial charge in [0.15, 0.2) is 0 Å². The standard InChI is InChI=1S/C16H19FN4/c1-10(2)21-12(4)16(11(3)20-21)19-9-13-5-6-15(17)14(7-13)8-18/h5-7,10,19H,9H2,1-4H3. The maximum atomic E-state index is 13.3. The molecule has 110 valence electrons. The minimum atomic E-state index is -0.485. The zero-order valence-electron chi connectivity index (χ0n) is 12.7. The first-order valence-corrected chi connectivity index (χ1v) is 6.92. The highest BCUT2D eigenvalue weighted by Crippen LogP contribution is 2.23. The van der Waals surface area contributed by atoms with Crippen molar-refractivity contribution in [3.63, 3.8) is 0 Å². The molecule has 1 aromatic heterocycles. The molecule has 0 unspecified atom stereocenters. The molecule has 0 radical (unpaired) electrons. The number of anilines is 1. The van der Waals surface area contributed by atoms with Crippen molar-refractivity contribution in [1.82, 2.24) is 9.78 Å². The van der Waals surface area contributed by atoms with Gasteiger partial charge in [-0.2, -0.15) is 10.4 Å². The molecule has 0 saturated carbocycles. The van der Waals surface area contributed by atoms with Gasteiger partial charge in [-0.15, -0.1) is 0 Å². The van der Waals surface area contributed by atoms with Gasteiger partial charge in [-0.1, -0.05) is 6.07 Å². The third-order valence-corrected chi connectivity index (χ3v) is 3.43. The summed E-state index contributed by atoms with van der Waals surface area (Å²) in [4.78, 5) is 0. The van der Waals surface area contributed by atoms with Crippen LogP contribution in [0.3, 0.4) is 0 Å². The van der Waals surface area contributed by atoms with E-state index in [1.165, 1.54) is 6.07 Å². The molecule has 5 heteroatoms. The number of nitriles is 1. The molecule has 1 heterocycles. The second-order valence-electron chi connectivity index (χ2n) is 5.36. The molecular formula is C16H19FN4. The SMILES string of the molecule is Cc1nn(C(C)C)c(C)c1NCc1ccc(F)c(C#N)c1. The summed E-state index contributed by atoms with van der Waals surface area (Å²) in [5.41, 5.74) is 3.94. The maximum absolute atomic E-state index is 13.3. The van der Waals surface area contributed by atoms with Crippen LogP contribution in [0.25, 0.3) is 0 Å². The van der Waals surface area contributed by atoms with Crippen LogP contribution in [0.5, 0.6) is 0 Å². The minimum Gasteiger partial charge on any atom is -0.378 e. The first-order valence-electron chi connectivity index (χ1n) is 6.92. The van der Waals surface area contributed by atoms with E-state index in [-0.39, 0.29) is 5.56 Å². The fourth-order valence-corrected chi connectivity index (χ4v) is 2.38. The Labute approximate surface area is 124 Å². The molecule has 1 aromatic carbocycles. The van der Waals surface area contributed by atoms with E-state index in [2.05, 4.69) is 24.3 Å². The lowest BCUT2D eigenvalue weighted by atomic mass is 10.1. The van der Waals surface area contributed by atoms with Crippen LogP contribution in [0, 0.1) is 31.0 Å². The number of benzene rings is 1. The Morgan fingerprint density at radius 1 is 1.38 bits per heavy atom. The lowest BCUT2D eigenvalue weighted by Gasteiger charge is -2.10. The second kappa shape index (κ2) is 5.96. The van der Waals surface area contributed by atoms with E-state index in [1.807, 2.05) is 24.6 Å². The third-order valence-electron chi connectivity index (χ3n) is 3.43. The van der Waals surface area contributed by atoms with E-state index in [0.29, 0.717) is 12.6 Å². The van der Waals surface area contributed by atoms with E-state index >= 15 is 0 Å². The molecule has 4 nitrogen and oxygen atoms in total. The molecule has 0 aliphatic carbocycles. The lowest BCUT2D eigenvalue weighted by Crippen LogP contribution is -2.06. The average molecular weight is 286 g/mol. The average Bonchev–Trinajstić information content (AvgIpc) is 2.73. The van der Waals surface area contributed by atoms with Crippen molar-refractivity contribution in [2.75, 3.05) is 5.32 Å². The first-order chi connectivity index (χ1) is 9.93. The monoisotopic (exact) mass is 286 g/mol. The van der Waals surface area contributed by atoms with E-state index in [9.17, 15) is 4.39 Å². The molecule has 1 N–H and O–H groups in total. The summed E-state index contributed by atoms with van der Waals surface area (Å²) in [5, 5.41) is 16.7. The second-order valence-corrected chi connectivity index (χ2v) is 5.36. The third kappa shape index (κ3) is 3.05. The molecule has 0 bridgehead atoms. The minimum absolute atomic E-state index is 0.0700. The number of aromatic nitrogens is 2. The van der Waals surface area contributed by atoms with Gasteiger partial charge in [-0.05, 0) is 45.4 Å². The lowest BCUT2D eigenvalue weighted by molar-refractivity contribution is 0.516. The molecule has 2 aromatic rings. The number of hydrogen-bond acceptors (Lipinski definition) is 3. The van der Waals surface area contributed by atoms with Crippen LogP contribution in [0.2, 0.25) is 0 Å². The summed E-state index contributed by atoms with van der Waals surface area (Å²) in [6.45, 7) is 8.68. The van der Waals surface area contributed by atoms with Crippen molar-refractivity contribution in [3.8, 4) is 6.07 Å². The van der Waals surface area contributed by atoms with Crippen LogP contribution in [0.15, 0.2) is 18.2 Å². The van der Waals surface area contributed by atoms with Crippen molar-refractivity contribution in [2.24, 2.45) is 0 Å². The summed E-state index contributed by atoms with van der Waals surface area (Å²) in [7, 11) is 0. The Kier molecular flexibility index (Phi) is 4.27. The maximum Gasteiger partial charge on any atom is 0.140 e. The van der Waals surface area contributed by atoms with Gasteiger partial charge in [0.1, 0.15) is 11.9 Å². The Hall–Kier alpha value is -2.35. The highest BCUT2D eigenvalue weighted by Gasteiger charge is 2.13. The summed E-state index contributed by atoms with van der Waals surface area (Å²) in [6, 6.07) is 6.73. The number of rotatable bonds is 4. The van der Waals surface area contributed by atoms with E-state index in [0.717, 1.165) is 22.6 Å². The number of halogens is 1. The van der Waals surface area contributed by atoms with Gasteiger partial charge in [0.25, 0.3) is 0 Å². The van der Waals surface area contributed by atoms with Crippen molar-refractivity contribution < 1.29 is 4.39 Å². The van der Waals surface area contributed by atoms with Crippen LogP contribution in [-0.2, 0) is 6.54 Å². The van der Waals surface area contributed by atoms with Crippen LogP contribution in [0.4, 0.5) is 10.1 Å². The van der Waals surface area contributed by atoms with Crippen LogP contribution in [0.1, 0.15) is 42.4 Å². The van der Waals surface area contributed by atoms with E-state index in [1.54, 1.807) is 12.1 Å². The summed E-state index contributed by atoms with van der Waals surface area (Å²) >= 11 is 0. The zero-order valence-corrected chi connectivity index (χ0v) is 12.7. The largest absolute Gasteiger partial charge is 0.378 e. The number of hydrogen-bond donors (Lipinski definition) is 1. The van der Waals surface area contributed by atoms with E-state index < -0.39 is 5.82 Å². The normalized spacial score (nSPS) is 10.7. The highest BCUT2D eigenvalue weighted by molar-refractivity contribution is 5.52. The zero-order chi connectivity index (χ0) is 15.6. The molecule has 0 aliphatic rings. The van der Waals surface area contributed by atoms with Crippen molar-refractivity contribution in [2.45, 2.75) is 40.3 Å². The number of nitrogens with one attached hydrogen (secondary N) is 1. The predicted octanol–water partition coefficient (Wildman–Crippen LogP) is 3.70. The summed E-state index contributed by atoms with van der Waals surface area (Å²) in [5.74, 6) is -0.485. The smallest absolute Gasteiger partial charge is 0.140 e. The molecular weight excluding hydrogens is 267 g/mol. The summed E-state index contributed by atoms with van der Waals surface area (Å²) in [6.07, 6.45) is 0. The molecule has 0 aliphatic heterocycles. The molecule has 0 fully saturated rings. The van der Waals surface area contributed by atoms with Crippen LogP contribution >= 0.6 is 0 Å². The Bertz CT molecular complexity index is 695. The Morgan fingerprint density at radius 2 is 2.10 bits per heavy atom. The van der Waals surface area contributed by atoms with Crippen molar-refractivity contribution in [1.29, 1.82) is 5.26 Å². The van der Waals surface area contributed by atoms with Gasteiger partial charge in [0.2, 0.25) is 0 Å². The van der Waals surface area contributed by atoms with Gasteiger partial charge in [-0.3, -0.25) is 4.68 Å². The summed E-state index contributed by atoms with van der Waals surface area (Å²) < 4.78 is 15.3. The van der Waals surface area contributed by atoms with Gasteiger partial charge in [0.05, 0.1) is 22.6 Å². The first kappa shape index (κ1) is 15.0. The van der Waals surface area contributed by atoms with Crippen molar-refractivity contribution >= 4 is 5.69 Å². The Morgan fingerprint density at radius 3 is 2.67 bits per heavy atom. The molecule has 21 heavy (non-hydrogen) atoms. The number of aryl methyl sites for hydroxylation is 1. The van der Waals surface area contributed by atoms with E-state index in [4.69, 9.17) is 5.26 Å². The molecule has 0 amide bonds. The Balaban J connectivity index is 2.19. The van der Waals surface area contributed by atoms with Gasteiger partial charge in [0, 0.05) is 12.6 Å². The van der Waals surface area contributed by atoms with Gasteiger partial charge < -0.3 is 5.32 Å². The molecule has 0 atom stereocenters. The van der Waals surface area contributed by atoms with Gasteiger partial charge in [-0.25, -0.2) is 4.39 Å². The topological polar surface area (TPSA) is 53.6 Å². The van der Waals surface area contributed by atoms with Crippen LogP contribution in [-0.4, -0.2) is 9.78 Å². The van der Waals surface area contributed by atoms with Crippen LogP contribution < -0.4 is 5.32 Å². The van der Waals surface area contributed by atoms with Gasteiger partial charge >= 0.3 is 0 Å². The predicted molar refractivity (Wildman–Crippen MR) is 80.5 cm³/mol. The molecule has 0 spiro atoms. The fraction of sp³-hybridized carbons (Fsp3) is 0.375. The van der Waals surface area contributed by atoms with Crippen molar-refractivity contribution in [3.05, 3.63) is 46.5 Å².